The van der Waals surface area contributed by atoms with Crippen molar-refractivity contribution >= 4 is 30.2 Å². The number of halogens is 1. The number of nitrogens with two attached hydrogens (primary N) is 1. The van der Waals surface area contributed by atoms with Crippen molar-refractivity contribution < 1.29 is 9.59 Å². The average molecular weight is 407 g/mol. The number of carbonyl (C=O) groups is 2. The van der Waals surface area contributed by atoms with Crippen molar-refractivity contribution in [2.45, 2.75) is 45.2 Å². The molecule has 28 heavy (non-hydrogen) atoms. The number of benzene rings is 1. The monoisotopic (exact) mass is 406 g/mol. The van der Waals surface area contributed by atoms with Crippen molar-refractivity contribution in [3.8, 4) is 0 Å². The molecule has 3 N–H and O–H groups in total. The van der Waals surface area contributed by atoms with E-state index in [1.807, 2.05) is 36.1 Å². The summed E-state index contributed by atoms with van der Waals surface area (Å²) >= 11 is 0. The quantitative estimate of drug-likeness (QED) is 0.790. The predicted octanol–water partition coefficient (Wildman–Crippen LogP) is 2.05. The van der Waals surface area contributed by atoms with Gasteiger partial charge in [-0.15, -0.1) is 17.5 Å². The summed E-state index contributed by atoms with van der Waals surface area (Å²) in [6.07, 6.45) is 5.88. The largest absolute Gasteiger partial charge is 0.341 e. The maximum atomic E-state index is 12.4. The lowest BCUT2D eigenvalue weighted by atomic mass is 10.1. The Kier molecular flexibility index (Phi) is 7.95. The molecule has 0 aliphatic carbocycles. The number of hydrogen-bond donors (Lipinski definition) is 2. The second kappa shape index (κ2) is 10.2. The zero-order chi connectivity index (χ0) is 19.2. The van der Waals surface area contributed by atoms with Crippen LogP contribution >= 0.6 is 12.4 Å². The number of amides is 2. The fourth-order valence-electron chi connectivity index (χ4n) is 3.10. The highest BCUT2D eigenvalue weighted by atomic mass is 35.5. The zero-order valence-electron chi connectivity index (χ0n) is 16.0. The van der Waals surface area contributed by atoms with Gasteiger partial charge in [-0.3, -0.25) is 14.9 Å². The average Bonchev–Trinajstić information content (AvgIpc) is 2.92. The number of carbonyl (C=O) groups excluding carboxylic acids is 2. The topological polar surface area (TPSA) is 106 Å². The Morgan fingerprint density at radius 3 is 2.43 bits per heavy atom. The number of hydrogen-bond acceptors (Lipinski definition) is 5. The van der Waals surface area contributed by atoms with E-state index >= 15 is 0 Å². The van der Waals surface area contributed by atoms with E-state index in [0.29, 0.717) is 5.56 Å². The van der Waals surface area contributed by atoms with Crippen molar-refractivity contribution in [1.82, 2.24) is 19.7 Å². The third-order valence-corrected chi connectivity index (χ3v) is 4.75. The Balaban J connectivity index is 0.00000280. The van der Waals surface area contributed by atoms with E-state index in [9.17, 15) is 9.59 Å². The maximum Gasteiger partial charge on any atom is 0.248 e. The summed E-state index contributed by atoms with van der Waals surface area (Å²) in [7, 11) is 0. The van der Waals surface area contributed by atoms with Crippen LogP contribution < -0.4 is 11.1 Å². The third-order valence-electron chi connectivity index (χ3n) is 4.75. The van der Waals surface area contributed by atoms with E-state index in [-0.39, 0.29) is 30.8 Å². The molecule has 9 heteroatoms. The summed E-state index contributed by atoms with van der Waals surface area (Å²) < 4.78 is 1.44. The molecule has 0 spiro atoms. The number of nitrogens with zero attached hydrogens (tertiary/aromatic N) is 4. The Bertz CT molecular complexity index is 784. The summed E-state index contributed by atoms with van der Waals surface area (Å²) in [5.41, 5.74) is 7.82. The zero-order valence-corrected chi connectivity index (χ0v) is 16.8. The molecule has 1 aliphatic rings. The van der Waals surface area contributed by atoms with Gasteiger partial charge in [0.15, 0.2) is 0 Å². The van der Waals surface area contributed by atoms with E-state index in [4.69, 9.17) is 5.73 Å². The predicted molar refractivity (Wildman–Crippen MR) is 109 cm³/mol. The lowest BCUT2D eigenvalue weighted by molar-refractivity contribution is -0.132. The van der Waals surface area contributed by atoms with Gasteiger partial charge in [-0.05, 0) is 25.3 Å². The minimum Gasteiger partial charge on any atom is -0.341 e. The molecule has 0 bridgehead atoms. The van der Waals surface area contributed by atoms with Crippen LogP contribution in [0.5, 0.6) is 0 Å². The fourth-order valence-corrected chi connectivity index (χ4v) is 3.10. The van der Waals surface area contributed by atoms with Crippen molar-refractivity contribution in [3.05, 3.63) is 41.7 Å². The summed E-state index contributed by atoms with van der Waals surface area (Å²) in [6, 6.07) is 6.65. The Morgan fingerprint density at radius 1 is 1.14 bits per heavy atom. The Labute approximate surface area is 170 Å². The Hall–Kier alpha value is -2.45. The van der Waals surface area contributed by atoms with Crippen LogP contribution in [0.15, 0.2) is 30.6 Å². The van der Waals surface area contributed by atoms with Crippen molar-refractivity contribution in [2.24, 2.45) is 5.73 Å². The summed E-state index contributed by atoms with van der Waals surface area (Å²) in [5, 5.41) is 6.78. The first kappa shape index (κ1) is 21.8. The highest BCUT2D eigenvalue weighted by Gasteiger charge is 2.19. The van der Waals surface area contributed by atoms with E-state index in [2.05, 4.69) is 15.4 Å². The molecule has 2 aromatic rings. The molecule has 1 unspecified atom stereocenters. The van der Waals surface area contributed by atoms with Crippen molar-refractivity contribution in [2.75, 3.05) is 18.4 Å². The Morgan fingerprint density at radius 2 is 1.79 bits per heavy atom. The number of aryl methyl sites for hydroxylation is 1. The molecular weight excluding hydrogens is 380 g/mol. The molecular formula is C19H27ClN6O2. The van der Waals surface area contributed by atoms with Gasteiger partial charge in [0, 0.05) is 13.1 Å². The molecule has 1 aromatic heterocycles. The molecule has 3 rings (SSSR count). The van der Waals surface area contributed by atoms with Gasteiger partial charge in [-0.1, -0.05) is 42.7 Å². The first-order valence-electron chi connectivity index (χ1n) is 9.33. The van der Waals surface area contributed by atoms with Gasteiger partial charge in [0.1, 0.15) is 18.9 Å². The lowest BCUT2D eigenvalue weighted by Crippen LogP contribution is -2.34. The fraction of sp³-hybridized carbons (Fsp3) is 0.474. The second-order valence-corrected chi connectivity index (χ2v) is 6.94. The van der Waals surface area contributed by atoms with Gasteiger partial charge in [-0.25, -0.2) is 9.67 Å². The van der Waals surface area contributed by atoms with Gasteiger partial charge < -0.3 is 10.6 Å². The SMILES string of the molecule is Cc1ccc(C(N)C(=O)Nc2ncn(CC(=O)N3CCCCCC3)n2)cc1.Cl. The van der Waals surface area contributed by atoms with Gasteiger partial charge in [0.2, 0.25) is 17.8 Å². The maximum absolute atomic E-state index is 12.4. The minimum absolute atomic E-state index is 0. The summed E-state index contributed by atoms with van der Waals surface area (Å²) in [6.45, 7) is 3.68. The molecule has 1 fully saturated rings. The molecule has 2 amide bonds. The van der Waals surface area contributed by atoms with E-state index in [1.54, 1.807) is 0 Å². The van der Waals surface area contributed by atoms with Crippen LogP contribution in [0.25, 0.3) is 0 Å². The first-order valence-corrected chi connectivity index (χ1v) is 9.33. The van der Waals surface area contributed by atoms with E-state index in [1.165, 1.54) is 23.9 Å². The molecule has 1 aliphatic heterocycles. The van der Waals surface area contributed by atoms with Crippen LogP contribution in [0.2, 0.25) is 0 Å². The normalized spacial score (nSPS) is 15.3. The van der Waals surface area contributed by atoms with Gasteiger partial charge in [-0.2, -0.15) is 0 Å². The molecule has 0 radical (unpaired) electrons. The van der Waals surface area contributed by atoms with Gasteiger partial charge in [0.05, 0.1) is 0 Å². The number of nitrogens with one attached hydrogen (secondary N) is 1. The smallest absolute Gasteiger partial charge is 0.248 e. The number of anilines is 1. The first-order chi connectivity index (χ1) is 13.0. The van der Waals surface area contributed by atoms with Crippen LogP contribution in [0, 0.1) is 6.92 Å². The van der Waals surface area contributed by atoms with Crippen molar-refractivity contribution in [1.29, 1.82) is 0 Å². The van der Waals surface area contributed by atoms with E-state index < -0.39 is 11.9 Å². The molecule has 1 atom stereocenters. The van der Waals surface area contributed by atoms with Crippen LogP contribution in [-0.2, 0) is 16.1 Å². The third kappa shape index (κ3) is 5.77. The second-order valence-electron chi connectivity index (χ2n) is 6.94. The molecule has 2 heterocycles. The van der Waals surface area contributed by atoms with Crippen molar-refractivity contribution in [3.63, 3.8) is 0 Å². The molecule has 8 nitrogen and oxygen atoms in total. The lowest BCUT2D eigenvalue weighted by Gasteiger charge is -2.19. The number of aromatic nitrogens is 3. The molecule has 1 aromatic carbocycles. The van der Waals surface area contributed by atoms with Crippen LogP contribution in [0.3, 0.4) is 0 Å². The van der Waals surface area contributed by atoms with Gasteiger partial charge in [0.25, 0.3) is 0 Å². The minimum atomic E-state index is -0.809. The summed E-state index contributed by atoms with van der Waals surface area (Å²) in [4.78, 5) is 30.6. The molecule has 0 saturated carbocycles. The highest BCUT2D eigenvalue weighted by Crippen LogP contribution is 2.13. The van der Waals surface area contributed by atoms with Crippen LogP contribution in [-0.4, -0.2) is 44.6 Å². The number of likely N-dealkylation sites (tertiary alicyclic amines) is 1. The highest BCUT2D eigenvalue weighted by molar-refractivity contribution is 5.93. The molecule has 152 valence electrons. The standard InChI is InChI=1S/C19H26N6O2.ClH/c1-14-6-8-15(9-7-14)17(20)18(27)22-19-21-13-25(23-19)12-16(26)24-10-4-2-3-5-11-24;/h6-9,13,17H,2-5,10-12,20H2,1H3,(H,22,23,27);1H. The summed E-state index contributed by atoms with van der Waals surface area (Å²) in [5.74, 6) is -0.224. The van der Waals surface area contributed by atoms with Gasteiger partial charge >= 0.3 is 0 Å². The van der Waals surface area contributed by atoms with Crippen LogP contribution in [0.4, 0.5) is 5.95 Å². The number of rotatable bonds is 5. The van der Waals surface area contributed by atoms with E-state index in [0.717, 1.165) is 31.5 Å². The van der Waals surface area contributed by atoms with Crippen LogP contribution in [0.1, 0.15) is 42.9 Å². The molecule has 1 saturated heterocycles.